The van der Waals surface area contributed by atoms with Crippen molar-refractivity contribution >= 4 is 22.5 Å². The van der Waals surface area contributed by atoms with Crippen molar-refractivity contribution in [3.63, 3.8) is 0 Å². The van der Waals surface area contributed by atoms with Gasteiger partial charge in [0.2, 0.25) is 0 Å². The minimum atomic E-state index is -0.157. The second kappa shape index (κ2) is 4.10. The minimum Gasteiger partial charge on any atom is -0.397 e. The standard InChI is InChI=1S/C12H13N3O/c1-2-6-14-12(16)10-7-8-4-3-5-9(13)11(8)15-10/h2-5,7,15H,1,6,13H2,(H,14,16). The molecule has 0 saturated heterocycles. The van der Waals surface area contributed by atoms with Crippen LogP contribution in [-0.2, 0) is 0 Å². The number of nitrogens with two attached hydrogens (primary N) is 1. The Hall–Kier alpha value is -2.23. The normalized spacial score (nSPS) is 10.2. The minimum absolute atomic E-state index is 0.157. The maximum atomic E-state index is 11.7. The number of carbonyl (C=O) groups is 1. The molecule has 0 bridgehead atoms. The Labute approximate surface area is 93.1 Å². The lowest BCUT2D eigenvalue weighted by Crippen LogP contribution is -2.23. The first kappa shape index (κ1) is 10.3. The van der Waals surface area contributed by atoms with Crippen molar-refractivity contribution in [3.8, 4) is 0 Å². The zero-order chi connectivity index (χ0) is 11.5. The zero-order valence-electron chi connectivity index (χ0n) is 8.79. The van der Waals surface area contributed by atoms with Crippen molar-refractivity contribution in [1.29, 1.82) is 0 Å². The summed E-state index contributed by atoms with van der Waals surface area (Å²) in [4.78, 5) is 14.7. The number of rotatable bonds is 3. The van der Waals surface area contributed by atoms with Crippen LogP contribution < -0.4 is 11.1 Å². The molecular weight excluding hydrogens is 202 g/mol. The summed E-state index contributed by atoms with van der Waals surface area (Å²) in [6, 6.07) is 7.35. The van der Waals surface area contributed by atoms with Crippen LogP contribution in [0.3, 0.4) is 0 Å². The molecule has 0 atom stereocenters. The van der Waals surface area contributed by atoms with Crippen LogP contribution in [0.1, 0.15) is 10.5 Å². The Morgan fingerprint density at radius 1 is 1.56 bits per heavy atom. The van der Waals surface area contributed by atoms with E-state index < -0.39 is 0 Å². The van der Waals surface area contributed by atoms with Crippen molar-refractivity contribution in [2.24, 2.45) is 0 Å². The molecule has 4 N–H and O–H groups in total. The average molecular weight is 215 g/mol. The average Bonchev–Trinajstić information content (AvgIpc) is 2.71. The van der Waals surface area contributed by atoms with Crippen LogP contribution in [0, 0.1) is 0 Å². The van der Waals surface area contributed by atoms with Crippen molar-refractivity contribution < 1.29 is 4.79 Å². The molecule has 82 valence electrons. The summed E-state index contributed by atoms with van der Waals surface area (Å²) < 4.78 is 0. The molecule has 1 aromatic carbocycles. The Morgan fingerprint density at radius 3 is 3.06 bits per heavy atom. The van der Waals surface area contributed by atoms with Crippen LogP contribution >= 0.6 is 0 Å². The third-order valence-corrected chi connectivity index (χ3v) is 2.34. The van der Waals surface area contributed by atoms with Gasteiger partial charge in [-0.15, -0.1) is 6.58 Å². The van der Waals surface area contributed by atoms with Gasteiger partial charge in [-0.05, 0) is 12.1 Å². The predicted molar refractivity (Wildman–Crippen MR) is 65.2 cm³/mol. The fraction of sp³-hybridized carbons (Fsp3) is 0.0833. The molecule has 0 radical (unpaired) electrons. The smallest absolute Gasteiger partial charge is 0.267 e. The Balaban J connectivity index is 2.36. The van der Waals surface area contributed by atoms with E-state index in [2.05, 4.69) is 16.9 Å². The lowest BCUT2D eigenvalue weighted by Gasteiger charge is -1.98. The third kappa shape index (κ3) is 1.77. The van der Waals surface area contributed by atoms with Crippen LogP contribution in [0.4, 0.5) is 5.69 Å². The number of aromatic amines is 1. The van der Waals surface area contributed by atoms with E-state index in [-0.39, 0.29) is 5.91 Å². The molecule has 0 fully saturated rings. The van der Waals surface area contributed by atoms with E-state index in [1.165, 1.54) is 0 Å². The number of H-pyrrole nitrogens is 1. The quantitative estimate of drug-likeness (QED) is 0.538. The van der Waals surface area contributed by atoms with Crippen molar-refractivity contribution in [3.05, 3.63) is 42.6 Å². The largest absolute Gasteiger partial charge is 0.397 e. The SMILES string of the molecule is C=CCNC(=O)c1cc2cccc(N)c2[nH]1. The summed E-state index contributed by atoms with van der Waals surface area (Å²) in [7, 11) is 0. The van der Waals surface area contributed by atoms with E-state index in [0.29, 0.717) is 17.9 Å². The molecule has 0 unspecified atom stereocenters. The number of hydrogen-bond acceptors (Lipinski definition) is 2. The molecule has 0 spiro atoms. The number of nitrogen functional groups attached to an aromatic ring is 1. The number of fused-ring (bicyclic) bond motifs is 1. The van der Waals surface area contributed by atoms with Gasteiger partial charge in [0.05, 0.1) is 11.2 Å². The van der Waals surface area contributed by atoms with Gasteiger partial charge in [0.25, 0.3) is 5.91 Å². The molecule has 1 heterocycles. The number of hydrogen-bond donors (Lipinski definition) is 3. The van der Waals surface area contributed by atoms with Gasteiger partial charge in [-0.2, -0.15) is 0 Å². The maximum Gasteiger partial charge on any atom is 0.267 e. The molecule has 0 aliphatic heterocycles. The first-order valence-corrected chi connectivity index (χ1v) is 4.98. The topological polar surface area (TPSA) is 70.9 Å². The number of carbonyl (C=O) groups excluding carboxylic acids is 1. The van der Waals surface area contributed by atoms with Crippen LogP contribution in [-0.4, -0.2) is 17.4 Å². The van der Waals surface area contributed by atoms with Crippen LogP contribution in [0.25, 0.3) is 10.9 Å². The van der Waals surface area contributed by atoms with Crippen molar-refractivity contribution in [2.45, 2.75) is 0 Å². The molecular formula is C12H13N3O. The number of anilines is 1. The van der Waals surface area contributed by atoms with Gasteiger partial charge in [0, 0.05) is 11.9 Å². The number of aromatic nitrogens is 1. The lowest BCUT2D eigenvalue weighted by atomic mass is 10.2. The highest BCUT2D eigenvalue weighted by molar-refractivity contribution is 6.00. The molecule has 4 nitrogen and oxygen atoms in total. The second-order valence-corrected chi connectivity index (χ2v) is 3.49. The molecule has 4 heteroatoms. The fourth-order valence-electron chi connectivity index (χ4n) is 1.56. The van der Waals surface area contributed by atoms with Crippen molar-refractivity contribution in [2.75, 3.05) is 12.3 Å². The highest BCUT2D eigenvalue weighted by Gasteiger charge is 2.09. The van der Waals surface area contributed by atoms with E-state index in [1.807, 2.05) is 12.1 Å². The van der Waals surface area contributed by atoms with Crippen LogP contribution in [0.15, 0.2) is 36.9 Å². The van der Waals surface area contributed by atoms with Gasteiger partial charge >= 0.3 is 0 Å². The molecule has 0 aliphatic carbocycles. The molecule has 16 heavy (non-hydrogen) atoms. The number of para-hydroxylation sites is 1. The summed E-state index contributed by atoms with van der Waals surface area (Å²) in [5.74, 6) is -0.157. The van der Waals surface area contributed by atoms with E-state index in [9.17, 15) is 4.79 Å². The lowest BCUT2D eigenvalue weighted by molar-refractivity contribution is 0.0954. The number of nitrogens with one attached hydrogen (secondary N) is 2. The van der Waals surface area contributed by atoms with Gasteiger partial charge in [-0.25, -0.2) is 0 Å². The Kier molecular flexibility index (Phi) is 2.64. The monoisotopic (exact) mass is 215 g/mol. The van der Waals surface area contributed by atoms with E-state index in [0.717, 1.165) is 10.9 Å². The molecule has 2 rings (SSSR count). The fourth-order valence-corrected chi connectivity index (χ4v) is 1.56. The summed E-state index contributed by atoms with van der Waals surface area (Å²) in [5.41, 5.74) is 7.74. The zero-order valence-corrected chi connectivity index (χ0v) is 8.79. The summed E-state index contributed by atoms with van der Waals surface area (Å²) in [6.45, 7) is 3.99. The molecule has 2 aromatic rings. The second-order valence-electron chi connectivity index (χ2n) is 3.49. The molecule has 0 saturated carbocycles. The highest BCUT2D eigenvalue weighted by atomic mass is 16.1. The molecule has 0 aliphatic rings. The van der Waals surface area contributed by atoms with E-state index in [4.69, 9.17) is 5.73 Å². The van der Waals surface area contributed by atoms with Gasteiger partial charge in [0.1, 0.15) is 5.69 Å². The molecule has 1 amide bonds. The first-order valence-electron chi connectivity index (χ1n) is 4.98. The third-order valence-electron chi connectivity index (χ3n) is 2.34. The Bertz CT molecular complexity index is 542. The van der Waals surface area contributed by atoms with Gasteiger partial charge in [0.15, 0.2) is 0 Å². The van der Waals surface area contributed by atoms with Crippen LogP contribution in [0.2, 0.25) is 0 Å². The molecule has 1 aromatic heterocycles. The highest BCUT2D eigenvalue weighted by Crippen LogP contribution is 2.20. The predicted octanol–water partition coefficient (Wildman–Crippen LogP) is 1.67. The Morgan fingerprint density at radius 2 is 2.38 bits per heavy atom. The summed E-state index contributed by atoms with van der Waals surface area (Å²) in [5, 5.41) is 3.63. The van der Waals surface area contributed by atoms with Crippen LogP contribution in [0.5, 0.6) is 0 Å². The van der Waals surface area contributed by atoms with Gasteiger partial charge in [-0.1, -0.05) is 18.2 Å². The number of benzene rings is 1. The van der Waals surface area contributed by atoms with Crippen molar-refractivity contribution in [1.82, 2.24) is 10.3 Å². The number of amides is 1. The first-order chi connectivity index (χ1) is 7.72. The maximum absolute atomic E-state index is 11.7. The van der Waals surface area contributed by atoms with Gasteiger partial charge < -0.3 is 16.0 Å². The van der Waals surface area contributed by atoms with E-state index >= 15 is 0 Å². The van der Waals surface area contributed by atoms with E-state index in [1.54, 1.807) is 18.2 Å². The summed E-state index contributed by atoms with van der Waals surface area (Å²) in [6.07, 6.45) is 1.63. The van der Waals surface area contributed by atoms with Gasteiger partial charge in [-0.3, -0.25) is 4.79 Å². The summed E-state index contributed by atoms with van der Waals surface area (Å²) >= 11 is 0.